The first kappa shape index (κ1) is 30.1. The highest BCUT2D eigenvalue weighted by molar-refractivity contribution is 6.00. The summed E-state index contributed by atoms with van der Waals surface area (Å²) in [5.41, 5.74) is 3.27. The van der Waals surface area contributed by atoms with E-state index >= 15 is 0 Å². The number of ether oxygens (including phenoxy) is 3. The minimum absolute atomic E-state index is 0.0772. The Balaban J connectivity index is 1.23. The molecule has 0 bridgehead atoms. The van der Waals surface area contributed by atoms with E-state index in [2.05, 4.69) is 43.4 Å². The number of carbonyl (C=O) groups excluding carboxylic acids is 3. The third-order valence-electron chi connectivity index (χ3n) is 7.05. The molecular weight excluding hydrogens is 530 g/mol. The average Bonchev–Trinajstić information content (AvgIpc) is 3.01. The first-order valence-electron chi connectivity index (χ1n) is 13.8. The van der Waals surface area contributed by atoms with E-state index in [1.165, 1.54) is 25.2 Å². The molecule has 1 N–H and O–H groups in total. The van der Waals surface area contributed by atoms with Crippen molar-refractivity contribution >= 4 is 23.3 Å². The van der Waals surface area contributed by atoms with Crippen LogP contribution in [0.4, 0.5) is 5.69 Å². The van der Waals surface area contributed by atoms with Crippen molar-refractivity contribution in [2.24, 2.45) is 0 Å². The molecule has 1 atom stereocenters. The molecule has 4 aromatic rings. The van der Waals surface area contributed by atoms with Gasteiger partial charge in [0.05, 0.1) is 13.5 Å². The quantitative estimate of drug-likeness (QED) is 0.143. The van der Waals surface area contributed by atoms with E-state index in [-0.39, 0.29) is 29.9 Å². The van der Waals surface area contributed by atoms with Crippen molar-refractivity contribution in [3.8, 4) is 17.2 Å². The normalized spacial score (nSPS) is 11.7. The van der Waals surface area contributed by atoms with E-state index in [0.29, 0.717) is 28.5 Å². The summed E-state index contributed by atoms with van der Waals surface area (Å²) in [6, 6.07) is 31.9. The number of nitrogens with one attached hydrogen (secondary N) is 1. The van der Waals surface area contributed by atoms with Gasteiger partial charge < -0.3 is 19.5 Å². The zero-order chi connectivity index (χ0) is 30.1. The van der Waals surface area contributed by atoms with E-state index in [0.717, 1.165) is 0 Å². The van der Waals surface area contributed by atoms with Crippen LogP contribution in [0.15, 0.2) is 103 Å². The standard InChI is InChI=1S/C35H35NO6/c1-24(34(39)25-10-16-29(40-4)17-11-25)41-33(38)23-22-32(37)36-28-14-20-31(21-15-28)42-30-18-12-27(13-19-30)35(2,3)26-8-6-5-7-9-26/h5-21,24H,22-23H2,1-4H3,(H,36,37). The Kier molecular flexibility index (Phi) is 9.76. The highest BCUT2D eigenvalue weighted by Gasteiger charge is 2.23. The molecule has 42 heavy (non-hydrogen) atoms. The number of hydrogen-bond donors (Lipinski definition) is 1. The van der Waals surface area contributed by atoms with Crippen LogP contribution in [-0.2, 0) is 19.7 Å². The molecule has 0 heterocycles. The van der Waals surface area contributed by atoms with Crippen molar-refractivity contribution < 1.29 is 28.6 Å². The fourth-order valence-corrected chi connectivity index (χ4v) is 4.44. The van der Waals surface area contributed by atoms with Crippen molar-refractivity contribution in [3.63, 3.8) is 0 Å². The van der Waals surface area contributed by atoms with Gasteiger partial charge in [0.15, 0.2) is 6.10 Å². The second-order valence-electron chi connectivity index (χ2n) is 10.4. The molecule has 4 aromatic carbocycles. The van der Waals surface area contributed by atoms with Gasteiger partial charge in [-0.15, -0.1) is 0 Å². The topological polar surface area (TPSA) is 90.9 Å². The van der Waals surface area contributed by atoms with Crippen molar-refractivity contribution in [1.29, 1.82) is 0 Å². The van der Waals surface area contributed by atoms with Crippen molar-refractivity contribution in [1.82, 2.24) is 0 Å². The van der Waals surface area contributed by atoms with Crippen molar-refractivity contribution in [2.45, 2.75) is 45.1 Å². The Hall–Kier alpha value is -4.91. The number of ketones is 1. The first-order chi connectivity index (χ1) is 20.2. The lowest BCUT2D eigenvalue weighted by Crippen LogP contribution is -2.25. The third kappa shape index (κ3) is 7.85. The van der Waals surface area contributed by atoms with Gasteiger partial charge in [-0.25, -0.2) is 0 Å². The van der Waals surface area contributed by atoms with Crippen LogP contribution in [0.1, 0.15) is 55.1 Å². The molecule has 0 fully saturated rings. The highest BCUT2D eigenvalue weighted by Crippen LogP contribution is 2.33. The number of rotatable bonds is 12. The van der Waals surface area contributed by atoms with E-state index in [1.807, 2.05) is 30.3 Å². The second-order valence-corrected chi connectivity index (χ2v) is 10.4. The van der Waals surface area contributed by atoms with Crippen LogP contribution in [0.2, 0.25) is 0 Å². The van der Waals surface area contributed by atoms with Gasteiger partial charge in [0.25, 0.3) is 0 Å². The zero-order valence-corrected chi connectivity index (χ0v) is 24.3. The van der Waals surface area contributed by atoms with Gasteiger partial charge in [-0.2, -0.15) is 0 Å². The molecular formula is C35H35NO6. The molecule has 0 aromatic heterocycles. The molecule has 7 heteroatoms. The monoisotopic (exact) mass is 565 g/mol. The Labute approximate surface area is 246 Å². The van der Waals surface area contributed by atoms with Gasteiger partial charge in [0, 0.05) is 23.1 Å². The lowest BCUT2D eigenvalue weighted by Gasteiger charge is -2.26. The van der Waals surface area contributed by atoms with E-state index in [4.69, 9.17) is 14.2 Å². The fourth-order valence-electron chi connectivity index (χ4n) is 4.44. The summed E-state index contributed by atoms with van der Waals surface area (Å²) in [5.74, 6) is 0.662. The predicted octanol–water partition coefficient (Wildman–Crippen LogP) is 7.35. The van der Waals surface area contributed by atoms with E-state index in [1.54, 1.807) is 48.5 Å². The van der Waals surface area contributed by atoms with Crippen LogP contribution in [0, 0.1) is 0 Å². The molecule has 0 saturated heterocycles. The number of amides is 1. The van der Waals surface area contributed by atoms with Crippen LogP contribution in [0.25, 0.3) is 0 Å². The maximum absolute atomic E-state index is 12.5. The lowest BCUT2D eigenvalue weighted by atomic mass is 9.78. The SMILES string of the molecule is COc1ccc(C(=O)C(C)OC(=O)CCC(=O)Nc2ccc(Oc3ccc(C(C)(C)c4ccccc4)cc3)cc2)cc1. The smallest absolute Gasteiger partial charge is 0.307 e. The van der Waals surface area contributed by atoms with Crippen LogP contribution in [-0.4, -0.2) is 30.9 Å². The first-order valence-corrected chi connectivity index (χ1v) is 13.8. The van der Waals surface area contributed by atoms with Crippen molar-refractivity contribution in [2.75, 3.05) is 12.4 Å². The fraction of sp³-hybridized carbons (Fsp3) is 0.229. The summed E-state index contributed by atoms with van der Waals surface area (Å²) in [4.78, 5) is 37.1. The maximum Gasteiger partial charge on any atom is 0.307 e. The van der Waals surface area contributed by atoms with Gasteiger partial charge in [-0.3, -0.25) is 14.4 Å². The molecule has 0 radical (unpaired) electrons. The van der Waals surface area contributed by atoms with Gasteiger partial charge in [0.1, 0.15) is 17.2 Å². The summed E-state index contributed by atoms with van der Waals surface area (Å²) in [7, 11) is 1.54. The second kappa shape index (κ2) is 13.6. The molecule has 0 saturated carbocycles. The summed E-state index contributed by atoms with van der Waals surface area (Å²) < 4.78 is 16.3. The molecule has 4 rings (SSSR count). The third-order valence-corrected chi connectivity index (χ3v) is 7.05. The Morgan fingerprint density at radius 1 is 0.714 bits per heavy atom. The molecule has 0 aliphatic carbocycles. The van der Waals surface area contributed by atoms with Gasteiger partial charge in [0.2, 0.25) is 11.7 Å². The van der Waals surface area contributed by atoms with Gasteiger partial charge in [-0.1, -0.05) is 56.3 Å². The number of Topliss-reactive ketones (excluding diaryl/α,β-unsaturated/α-hetero) is 1. The highest BCUT2D eigenvalue weighted by atomic mass is 16.5. The van der Waals surface area contributed by atoms with E-state index < -0.39 is 12.1 Å². The van der Waals surface area contributed by atoms with Crippen LogP contribution >= 0.6 is 0 Å². The Morgan fingerprint density at radius 3 is 1.86 bits per heavy atom. The zero-order valence-electron chi connectivity index (χ0n) is 24.3. The molecule has 0 aliphatic rings. The number of methoxy groups -OCH3 is 1. The molecule has 216 valence electrons. The van der Waals surface area contributed by atoms with Crippen LogP contribution < -0.4 is 14.8 Å². The number of carbonyl (C=O) groups is 3. The van der Waals surface area contributed by atoms with Gasteiger partial charge in [-0.05, 0) is 78.7 Å². The largest absolute Gasteiger partial charge is 0.497 e. The number of hydrogen-bond acceptors (Lipinski definition) is 6. The summed E-state index contributed by atoms with van der Waals surface area (Å²) >= 11 is 0. The molecule has 1 unspecified atom stereocenters. The average molecular weight is 566 g/mol. The lowest BCUT2D eigenvalue weighted by molar-refractivity contribution is -0.147. The molecule has 7 nitrogen and oxygen atoms in total. The Bertz CT molecular complexity index is 1490. The minimum atomic E-state index is -0.965. The van der Waals surface area contributed by atoms with Crippen LogP contribution in [0.3, 0.4) is 0 Å². The summed E-state index contributed by atoms with van der Waals surface area (Å²) in [6.45, 7) is 5.90. The maximum atomic E-state index is 12.5. The number of anilines is 1. The van der Waals surface area contributed by atoms with Crippen LogP contribution in [0.5, 0.6) is 17.2 Å². The van der Waals surface area contributed by atoms with E-state index in [9.17, 15) is 14.4 Å². The Morgan fingerprint density at radius 2 is 1.26 bits per heavy atom. The van der Waals surface area contributed by atoms with Crippen molar-refractivity contribution in [3.05, 3.63) is 120 Å². The minimum Gasteiger partial charge on any atom is -0.497 e. The molecule has 0 spiro atoms. The summed E-state index contributed by atoms with van der Waals surface area (Å²) in [5, 5.41) is 2.76. The number of esters is 1. The predicted molar refractivity (Wildman–Crippen MR) is 162 cm³/mol. The number of benzene rings is 4. The molecule has 1 amide bonds. The molecule has 0 aliphatic heterocycles. The summed E-state index contributed by atoms with van der Waals surface area (Å²) in [6.07, 6.45) is -1.19. The van der Waals surface area contributed by atoms with Gasteiger partial charge >= 0.3 is 5.97 Å².